The predicted molar refractivity (Wildman–Crippen MR) is 83.0 cm³/mol. The number of piperidine rings is 1. The van der Waals surface area contributed by atoms with E-state index >= 15 is 0 Å². The number of ether oxygens (including phenoxy) is 2. The first-order valence-corrected chi connectivity index (χ1v) is 8.35. The van der Waals surface area contributed by atoms with Crippen molar-refractivity contribution in [1.82, 2.24) is 4.90 Å². The summed E-state index contributed by atoms with van der Waals surface area (Å²) in [6, 6.07) is 8.40. The Morgan fingerprint density at radius 3 is 2.86 bits per heavy atom. The van der Waals surface area contributed by atoms with E-state index in [-0.39, 0.29) is 17.7 Å². The number of fused-ring (bicyclic) bond motifs is 1. The van der Waals surface area contributed by atoms with E-state index in [1.807, 2.05) is 17.0 Å². The number of benzene rings is 1. The van der Waals surface area contributed by atoms with Crippen LogP contribution >= 0.6 is 0 Å². The average Bonchev–Trinajstić information content (AvgIpc) is 2.71. The molecule has 2 aliphatic heterocycles. The van der Waals surface area contributed by atoms with Crippen LogP contribution in [0.1, 0.15) is 37.7 Å². The molecule has 1 unspecified atom stereocenters. The van der Waals surface area contributed by atoms with Crippen LogP contribution in [0.25, 0.3) is 0 Å². The molecule has 1 amide bonds. The van der Waals surface area contributed by atoms with Gasteiger partial charge in [0.05, 0.1) is 13.2 Å². The third-order valence-electron chi connectivity index (χ3n) is 5.82. The number of amides is 1. The Morgan fingerprint density at radius 2 is 2.09 bits per heavy atom. The van der Waals surface area contributed by atoms with Gasteiger partial charge in [-0.15, -0.1) is 0 Å². The molecule has 118 valence electrons. The molecule has 0 aromatic heterocycles. The fourth-order valence-electron chi connectivity index (χ4n) is 4.69. The van der Waals surface area contributed by atoms with Gasteiger partial charge in [-0.3, -0.25) is 0 Å². The van der Waals surface area contributed by atoms with Crippen molar-refractivity contribution in [2.24, 2.45) is 5.92 Å². The van der Waals surface area contributed by atoms with Gasteiger partial charge in [0.1, 0.15) is 11.4 Å². The lowest BCUT2D eigenvalue weighted by Gasteiger charge is -2.47. The molecule has 0 N–H and O–H groups in total. The van der Waals surface area contributed by atoms with Crippen LogP contribution in [-0.4, -0.2) is 36.3 Å². The first-order chi connectivity index (χ1) is 10.7. The minimum atomic E-state index is -0.229. The average molecular weight is 301 g/mol. The lowest BCUT2D eigenvalue weighted by molar-refractivity contribution is -0.0631. The van der Waals surface area contributed by atoms with E-state index in [0.29, 0.717) is 5.92 Å². The number of carbonyl (C=O) groups is 1. The second kappa shape index (κ2) is 5.18. The first-order valence-electron chi connectivity index (χ1n) is 8.35. The molecule has 1 aromatic rings. The van der Waals surface area contributed by atoms with Crippen molar-refractivity contribution < 1.29 is 14.3 Å². The maximum Gasteiger partial charge on any atom is 0.410 e. The molecule has 2 bridgehead atoms. The van der Waals surface area contributed by atoms with Crippen LogP contribution in [0.2, 0.25) is 0 Å². The number of nitrogens with zero attached hydrogens (tertiary/aromatic N) is 1. The number of hydrogen-bond acceptors (Lipinski definition) is 3. The quantitative estimate of drug-likeness (QED) is 0.859. The molecule has 22 heavy (non-hydrogen) atoms. The summed E-state index contributed by atoms with van der Waals surface area (Å²) in [5, 5.41) is 0. The van der Waals surface area contributed by atoms with Gasteiger partial charge in [-0.05, 0) is 49.8 Å². The summed E-state index contributed by atoms with van der Waals surface area (Å²) >= 11 is 0. The molecule has 1 aliphatic carbocycles. The van der Waals surface area contributed by atoms with Crippen molar-refractivity contribution >= 4 is 6.09 Å². The number of methoxy groups -OCH3 is 1. The summed E-state index contributed by atoms with van der Waals surface area (Å²) < 4.78 is 11.2. The lowest BCUT2D eigenvalue weighted by Crippen LogP contribution is -2.57. The third-order valence-corrected chi connectivity index (χ3v) is 5.82. The normalized spacial score (nSPS) is 33.3. The van der Waals surface area contributed by atoms with Gasteiger partial charge >= 0.3 is 6.09 Å². The minimum absolute atomic E-state index is 0.0945. The van der Waals surface area contributed by atoms with Gasteiger partial charge in [-0.2, -0.15) is 0 Å². The van der Waals surface area contributed by atoms with E-state index in [4.69, 9.17) is 9.47 Å². The SMILES string of the molecule is COc1ccc(C[C@@H]2N3CCC4CCCC[C@]42OC3=O)cc1. The Labute approximate surface area is 131 Å². The summed E-state index contributed by atoms with van der Waals surface area (Å²) in [5.41, 5.74) is 1.02. The van der Waals surface area contributed by atoms with Crippen molar-refractivity contribution in [3.05, 3.63) is 29.8 Å². The number of rotatable bonds is 3. The van der Waals surface area contributed by atoms with Gasteiger partial charge < -0.3 is 14.4 Å². The smallest absolute Gasteiger partial charge is 0.410 e. The molecule has 1 spiro atoms. The van der Waals surface area contributed by atoms with E-state index in [2.05, 4.69) is 12.1 Å². The highest BCUT2D eigenvalue weighted by molar-refractivity contribution is 5.72. The second-order valence-electron chi connectivity index (χ2n) is 6.82. The fraction of sp³-hybridized carbons (Fsp3) is 0.611. The maximum absolute atomic E-state index is 12.3. The Bertz CT molecular complexity index is 570. The number of carbonyl (C=O) groups excluding carboxylic acids is 1. The highest BCUT2D eigenvalue weighted by atomic mass is 16.6. The molecule has 1 saturated carbocycles. The molecule has 3 fully saturated rings. The van der Waals surface area contributed by atoms with Gasteiger partial charge in [-0.25, -0.2) is 4.79 Å². The Hall–Kier alpha value is -1.71. The summed E-state index contributed by atoms with van der Waals surface area (Å²) in [6.45, 7) is 0.853. The zero-order chi connectivity index (χ0) is 15.2. The van der Waals surface area contributed by atoms with Crippen LogP contribution in [0.15, 0.2) is 24.3 Å². The standard InChI is InChI=1S/C18H23NO3/c1-21-15-7-5-13(6-8-15)12-16-18-10-3-2-4-14(18)9-11-19(16)17(20)22-18/h5-8,14,16H,2-4,9-12H2,1H3/t14?,16-,18-/m0/s1. The Balaban J connectivity index is 1.62. The van der Waals surface area contributed by atoms with Gasteiger partial charge in [0.2, 0.25) is 0 Å². The highest BCUT2D eigenvalue weighted by Crippen LogP contribution is 2.50. The molecule has 1 aromatic carbocycles. The Morgan fingerprint density at radius 1 is 1.27 bits per heavy atom. The largest absolute Gasteiger partial charge is 0.497 e. The van der Waals surface area contributed by atoms with Crippen molar-refractivity contribution in [3.63, 3.8) is 0 Å². The summed E-state index contributed by atoms with van der Waals surface area (Å²) in [7, 11) is 1.68. The third kappa shape index (κ3) is 2.00. The molecule has 3 atom stereocenters. The van der Waals surface area contributed by atoms with E-state index in [9.17, 15) is 4.79 Å². The molecule has 2 saturated heterocycles. The van der Waals surface area contributed by atoms with Gasteiger partial charge in [0.25, 0.3) is 0 Å². The molecular weight excluding hydrogens is 278 g/mol. The zero-order valence-corrected chi connectivity index (χ0v) is 13.1. The van der Waals surface area contributed by atoms with E-state index in [0.717, 1.165) is 31.6 Å². The second-order valence-corrected chi connectivity index (χ2v) is 6.82. The molecule has 0 radical (unpaired) electrons. The van der Waals surface area contributed by atoms with Gasteiger partial charge in [-0.1, -0.05) is 18.6 Å². The van der Waals surface area contributed by atoms with Crippen molar-refractivity contribution in [1.29, 1.82) is 0 Å². The summed E-state index contributed by atoms with van der Waals surface area (Å²) in [5.74, 6) is 1.42. The van der Waals surface area contributed by atoms with Crippen LogP contribution in [0.3, 0.4) is 0 Å². The van der Waals surface area contributed by atoms with Crippen LogP contribution in [-0.2, 0) is 11.2 Å². The van der Waals surface area contributed by atoms with Crippen molar-refractivity contribution in [2.45, 2.75) is 50.2 Å². The van der Waals surface area contributed by atoms with E-state index in [1.165, 1.54) is 24.8 Å². The van der Waals surface area contributed by atoms with Crippen LogP contribution in [0.4, 0.5) is 4.79 Å². The molecule has 4 nitrogen and oxygen atoms in total. The maximum atomic E-state index is 12.3. The van der Waals surface area contributed by atoms with E-state index in [1.54, 1.807) is 7.11 Å². The van der Waals surface area contributed by atoms with Crippen LogP contribution in [0, 0.1) is 5.92 Å². The number of hydrogen-bond donors (Lipinski definition) is 0. The molecule has 2 heterocycles. The molecule has 4 heteroatoms. The van der Waals surface area contributed by atoms with Gasteiger partial charge in [0, 0.05) is 12.5 Å². The Kier molecular flexibility index (Phi) is 3.28. The van der Waals surface area contributed by atoms with E-state index < -0.39 is 0 Å². The molecule has 4 rings (SSSR count). The van der Waals surface area contributed by atoms with Crippen molar-refractivity contribution in [2.75, 3.05) is 13.7 Å². The summed E-state index contributed by atoms with van der Waals surface area (Å²) in [4.78, 5) is 14.3. The zero-order valence-electron chi connectivity index (χ0n) is 13.1. The topological polar surface area (TPSA) is 38.8 Å². The molecule has 3 aliphatic rings. The monoisotopic (exact) mass is 301 g/mol. The summed E-state index contributed by atoms with van der Waals surface area (Å²) in [6.07, 6.45) is 6.58. The first kappa shape index (κ1) is 13.9. The predicted octanol–water partition coefficient (Wildman–Crippen LogP) is 3.39. The lowest BCUT2D eigenvalue weighted by atomic mass is 9.66. The molecular formula is C18H23NO3. The van der Waals surface area contributed by atoms with Crippen LogP contribution < -0.4 is 4.74 Å². The van der Waals surface area contributed by atoms with Crippen LogP contribution in [0.5, 0.6) is 5.75 Å². The fourth-order valence-corrected chi connectivity index (χ4v) is 4.69. The van der Waals surface area contributed by atoms with Crippen molar-refractivity contribution in [3.8, 4) is 5.75 Å². The minimum Gasteiger partial charge on any atom is -0.497 e. The highest BCUT2D eigenvalue weighted by Gasteiger charge is 2.60. The van der Waals surface area contributed by atoms with Gasteiger partial charge in [0.15, 0.2) is 0 Å².